The van der Waals surface area contributed by atoms with Crippen molar-refractivity contribution in [2.45, 2.75) is 51.1 Å². The summed E-state index contributed by atoms with van der Waals surface area (Å²) in [5.74, 6) is 0.446. The summed E-state index contributed by atoms with van der Waals surface area (Å²) in [6.45, 7) is 1.31. The average molecular weight is 431 g/mol. The number of hydrogen-bond donors (Lipinski definition) is 0. The minimum Gasteiger partial charge on any atom is -0.405 e. The number of para-hydroxylation sites is 2. The van der Waals surface area contributed by atoms with E-state index in [1.54, 1.807) is 18.2 Å². The van der Waals surface area contributed by atoms with E-state index in [1.807, 2.05) is 7.05 Å². The van der Waals surface area contributed by atoms with Crippen LogP contribution in [0.3, 0.4) is 0 Å². The Morgan fingerprint density at radius 1 is 1.00 bits per heavy atom. The van der Waals surface area contributed by atoms with Gasteiger partial charge in [-0.1, -0.05) is 42.5 Å². The van der Waals surface area contributed by atoms with Crippen molar-refractivity contribution in [2.24, 2.45) is 5.92 Å². The van der Waals surface area contributed by atoms with E-state index < -0.39 is 6.36 Å². The van der Waals surface area contributed by atoms with Crippen molar-refractivity contribution in [3.05, 3.63) is 71.9 Å². The molecule has 1 aliphatic heterocycles. The van der Waals surface area contributed by atoms with Gasteiger partial charge >= 0.3 is 6.36 Å². The number of rotatable bonds is 6. The first-order chi connectivity index (χ1) is 14.9. The van der Waals surface area contributed by atoms with Gasteiger partial charge in [0.1, 0.15) is 5.75 Å². The Morgan fingerprint density at radius 2 is 1.71 bits per heavy atom. The molecule has 2 aromatic carbocycles. The van der Waals surface area contributed by atoms with Gasteiger partial charge in [0.05, 0.1) is 0 Å². The Kier molecular flexibility index (Phi) is 6.56. The molecule has 1 fully saturated rings. The maximum absolute atomic E-state index is 12.7. The average Bonchev–Trinajstić information content (AvgIpc) is 2.74. The molecule has 6 heteroatoms. The SMILES string of the molecule is CN(Cc1ccccc1OC(F)(F)F)C[C@H]1CC[C@@H](N2C=CCc3ccccc32)CC1. The smallest absolute Gasteiger partial charge is 0.405 e. The van der Waals surface area contributed by atoms with Gasteiger partial charge in [-0.05, 0) is 62.8 Å². The second-order valence-electron chi connectivity index (χ2n) is 8.65. The molecule has 2 aromatic rings. The number of anilines is 1. The van der Waals surface area contributed by atoms with E-state index in [2.05, 4.69) is 51.1 Å². The normalized spacial score (nSPS) is 21.3. The van der Waals surface area contributed by atoms with Crippen LogP contribution >= 0.6 is 0 Å². The number of benzene rings is 2. The van der Waals surface area contributed by atoms with Crippen molar-refractivity contribution < 1.29 is 17.9 Å². The molecule has 4 rings (SSSR count). The van der Waals surface area contributed by atoms with Gasteiger partial charge in [-0.25, -0.2) is 0 Å². The number of fused-ring (bicyclic) bond motifs is 1. The van der Waals surface area contributed by atoms with Crippen LogP contribution in [0.25, 0.3) is 0 Å². The Bertz CT molecular complexity index is 904. The molecule has 166 valence electrons. The predicted molar refractivity (Wildman–Crippen MR) is 117 cm³/mol. The zero-order valence-electron chi connectivity index (χ0n) is 17.8. The molecule has 0 bridgehead atoms. The minimum atomic E-state index is -4.67. The van der Waals surface area contributed by atoms with Gasteiger partial charge in [0.2, 0.25) is 0 Å². The molecule has 0 spiro atoms. The highest BCUT2D eigenvalue weighted by Gasteiger charge is 2.32. The number of allylic oxidation sites excluding steroid dienone is 1. The number of hydrogen-bond acceptors (Lipinski definition) is 3. The second-order valence-corrected chi connectivity index (χ2v) is 8.65. The molecule has 31 heavy (non-hydrogen) atoms. The third kappa shape index (κ3) is 5.62. The molecule has 0 unspecified atom stereocenters. The Morgan fingerprint density at radius 3 is 2.48 bits per heavy atom. The number of halogens is 3. The zero-order chi connectivity index (χ0) is 21.8. The molecule has 3 nitrogen and oxygen atoms in total. The van der Waals surface area contributed by atoms with E-state index >= 15 is 0 Å². The third-order valence-corrected chi connectivity index (χ3v) is 6.29. The largest absolute Gasteiger partial charge is 0.573 e. The van der Waals surface area contributed by atoms with Crippen molar-refractivity contribution in [3.8, 4) is 5.75 Å². The van der Waals surface area contributed by atoms with Crippen molar-refractivity contribution in [1.82, 2.24) is 4.90 Å². The lowest BCUT2D eigenvalue weighted by molar-refractivity contribution is -0.275. The monoisotopic (exact) mass is 430 g/mol. The molecule has 0 aromatic heterocycles. The molecule has 0 amide bonds. The predicted octanol–water partition coefficient (Wildman–Crippen LogP) is 6.15. The van der Waals surface area contributed by atoms with E-state index in [0.29, 0.717) is 24.1 Å². The fourth-order valence-electron chi connectivity index (χ4n) is 4.89. The van der Waals surface area contributed by atoms with E-state index in [-0.39, 0.29) is 5.75 Å². The lowest BCUT2D eigenvalue weighted by Gasteiger charge is -2.39. The van der Waals surface area contributed by atoms with Crippen LogP contribution in [0.4, 0.5) is 18.9 Å². The van der Waals surface area contributed by atoms with Crippen molar-refractivity contribution in [2.75, 3.05) is 18.5 Å². The van der Waals surface area contributed by atoms with Crippen LogP contribution < -0.4 is 9.64 Å². The lowest BCUT2D eigenvalue weighted by Crippen LogP contribution is -2.38. The van der Waals surface area contributed by atoms with Crippen LogP contribution in [0.1, 0.15) is 36.8 Å². The maximum Gasteiger partial charge on any atom is 0.573 e. The van der Waals surface area contributed by atoms with Crippen LogP contribution in [0.5, 0.6) is 5.75 Å². The van der Waals surface area contributed by atoms with Crippen molar-refractivity contribution in [3.63, 3.8) is 0 Å². The van der Waals surface area contributed by atoms with Crippen LogP contribution in [0, 0.1) is 5.92 Å². The fourth-order valence-corrected chi connectivity index (χ4v) is 4.89. The standard InChI is InChI=1S/C25H29F3N2O/c1-29(18-21-8-3-5-11-24(21)31-25(26,27)28)17-19-12-14-22(15-13-19)30-16-6-9-20-7-2-4-10-23(20)30/h2-8,10-11,16,19,22H,9,12-15,17-18H2,1H3/t19-,22+. The summed E-state index contributed by atoms with van der Waals surface area (Å²) >= 11 is 0. The minimum absolute atomic E-state index is 0.110. The number of nitrogens with zero attached hydrogens (tertiary/aromatic N) is 2. The molecule has 0 radical (unpaired) electrons. The molecule has 0 atom stereocenters. The van der Waals surface area contributed by atoms with E-state index in [0.717, 1.165) is 38.6 Å². The Balaban J connectivity index is 1.31. The van der Waals surface area contributed by atoms with Crippen LogP contribution in [0.15, 0.2) is 60.8 Å². The first-order valence-electron chi connectivity index (χ1n) is 10.9. The molecular weight excluding hydrogens is 401 g/mol. The highest BCUT2D eigenvalue weighted by atomic mass is 19.4. The second kappa shape index (κ2) is 9.35. The van der Waals surface area contributed by atoms with Gasteiger partial charge in [0.25, 0.3) is 0 Å². The quantitative estimate of drug-likeness (QED) is 0.547. The molecule has 0 saturated heterocycles. The van der Waals surface area contributed by atoms with E-state index in [9.17, 15) is 13.2 Å². The maximum atomic E-state index is 12.7. The van der Waals surface area contributed by atoms with Crippen molar-refractivity contribution in [1.29, 1.82) is 0 Å². The summed E-state index contributed by atoms with van der Waals surface area (Å²) in [6, 6.07) is 15.5. The van der Waals surface area contributed by atoms with Gasteiger partial charge in [-0.2, -0.15) is 0 Å². The third-order valence-electron chi connectivity index (χ3n) is 6.29. The van der Waals surface area contributed by atoms with Gasteiger partial charge < -0.3 is 14.5 Å². The van der Waals surface area contributed by atoms with Crippen LogP contribution in [0.2, 0.25) is 0 Å². The van der Waals surface area contributed by atoms with Gasteiger partial charge in [0, 0.05) is 36.6 Å². The first-order valence-corrected chi connectivity index (χ1v) is 10.9. The van der Waals surface area contributed by atoms with Crippen LogP contribution in [-0.4, -0.2) is 30.9 Å². The van der Waals surface area contributed by atoms with Gasteiger partial charge in [-0.15, -0.1) is 13.2 Å². The van der Waals surface area contributed by atoms with Crippen molar-refractivity contribution >= 4 is 5.69 Å². The topological polar surface area (TPSA) is 15.7 Å². The Hall–Kier alpha value is -2.47. The lowest BCUT2D eigenvalue weighted by atomic mass is 9.84. The summed E-state index contributed by atoms with van der Waals surface area (Å²) < 4.78 is 42.2. The molecule has 1 saturated carbocycles. The summed E-state index contributed by atoms with van der Waals surface area (Å²) in [5.41, 5.74) is 3.27. The van der Waals surface area contributed by atoms with Gasteiger partial charge in [0.15, 0.2) is 0 Å². The van der Waals surface area contributed by atoms with E-state index in [1.165, 1.54) is 17.3 Å². The fraction of sp³-hybridized carbons (Fsp3) is 0.440. The van der Waals surface area contributed by atoms with Gasteiger partial charge in [-0.3, -0.25) is 0 Å². The summed E-state index contributed by atoms with van der Waals surface area (Å²) in [5, 5.41) is 0. The Labute approximate surface area is 182 Å². The molecule has 2 aliphatic rings. The molecule has 1 aliphatic carbocycles. The molecular formula is C25H29F3N2O. The summed E-state index contributed by atoms with van der Waals surface area (Å²) in [4.78, 5) is 4.54. The highest BCUT2D eigenvalue weighted by molar-refractivity contribution is 5.59. The first kappa shape index (κ1) is 21.8. The zero-order valence-corrected chi connectivity index (χ0v) is 17.8. The highest BCUT2D eigenvalue weighted by Crippen LogP contribution is 2.35. The van der Waals surface area contributed by atoms with Crippen LogP contribution in [-0.2, 0) is 13.0 Å². The molecule has 1 heterocycles. The summed E-state index contributed by atoms with van der Waals surface area (Å²) in [6.07, 6.45) is 5.31. The van der Waals surface area contributed by atoms with E-state index in [4.69, 9.17) is 0 Å². The summed E-state index contributed by atoms with van der Waals surface area (Å²) in [7, 11) is 1.97. The molecule has 0 N–H and O–H groups in total. The number of ether oxygens (including phenoxy) is 1. The number of alkyl halides is 3.